The Morgan fingerprint density at radius 3 is 2.26 bits per heavy atom. The highest BCUT2D eigenvalue weighted by molar-refractivity contribution is 7.90. The standard InChI is InChI=1S/C9H15N4O4PS/c1-7-2-4-8(5-3-7)19(16,17)13-9(14)6-12-18(10,11)15/h2-5H,6H2,1H3,(H,13,14)(H5,10,11,12,15). The molecule has 6 N–H and O–H groups in total. The molecule has 1 amide bonds. The number of benzene rings is 1. The van der Waals surface area contributed by atoms with Gasteiger partial charge in [0.15, 0.2) is 0 Å². The highest BCUT2D eigenvalue weighted by Gasteiger charge is 2.18. The molecule has 0 saturated carbocycles. The fraction of sp³-hybridized carbons (Fsp3) is 0.222. The van der Waals surface area contributed by atoms with E-state index in [-0.39, 0.29) is 4.90 Å². The smallest absolute Gasteiger partial charge is 0.273 e. The maximum atomic E-state index is 11.8. The number of hydrogen-bond donors (Lipinski definition) is 4. The molecule has 19 heavy (non-hydrogen) atoms. The van der Waals surface area contributed by atoms with Crippen molar-refractivity contribution >= 4 is 23.5 Å². The molecule has 0 aromatic heterocycles. The van der Waals surface area contributed by atoms with Crippen molar-refractivity contribution in [2.75, 3.05) is 6.54 Å². The van der Waals surface area contributed by atoms with Gasteiger partial charge < -0.3 is 0 Å². The number of nitrogens with one attached hydrogen (secondary N) is 2. The summed E-state index contributed by atoms with van der Waals surface area (Å²) in [6.07, 6.45) is 0. The highest BCUT2D eigenvalue weighted by Crippen LogP contribution is 2.16. The van der Waals surface area contributed by atoms with Gasteiger partial charge in [-0.2, -0.15) is 0 Å². The minimum absolute atomic E-state index is 0.0462. The number of aryl methyl sites for hydroxylation is 1. The van der Waals surface area contributed by atoms with Gasteiger partial charge in [0.25, 0.3) is 17.6 Å². The Balaban J connectivity index is 2.72. The lowest BCUT2D eigenvalue weighted by atomic mass is 10.2. The molecule has 8 nitrogen and oxygen atoms in total. The van der Waals surface area contributed by atoms with Crippen molar-refractivity contribution in [3.8, 4) is 0 Å². The third-order valence-electron chi connectivity index (χ3n) is 2.07. The largest absolute Gasteiger partial charge is 0.274 e. The van der Waals surface area contributed by atoms with Crippen LogP contribution in [0.1, 0.15) is 5.56 Å². The number of rotatable bonds is 5. The van der Waals surface area contributed by atoms with E-state index in [1.807, 2.05) is 5.09 Å². The molecule has 10 heteroatoms. The number of carbonyl (C=O) groups is 1. The Hall–Kier alpha value is -1.25. The molecule has 106 valence electrons. The summed E-state index contributed by atoms with van der Waals surface area (Å²) < 4.78 is 36.3. The van der Waals surface area contributed by atoms with Crippen molar-refractivity contribution in [1.82, 2.24) is 9.81 Å². The predicted octanol–water partition coefficient (Wildman–Crippen LogP) is -0.585. The third kappa shape index (κ3) is 5.50. The SMILES string of the molecule is Cc1ccc(S(=O)(=O)NC(=O)CNP(N)(N)=O)cc1. The minimum atomic E-state index is -3.95. The Morgan fingerprint density at radius 1 is 1.26 bits per heavy atom. The van der Waals surface area contributed by atoms with Gasteiger partial charge in [-0.15, -0.1) is 0 Å². The quantitative estimate of drug-likeness (QED) is 0.532. The van der Waals surface area contributed by atoms with E-state index in [1.54, 1.807) is 23.8 Å². The van der Waals surface area contributed by atoms with E-state index in [4.69, 9.17) is 11.0 Å². The molecule has 1 aromatic rings. The Kier molecular flexibility index (Phi) is 4.83. The number of amides is 1. The van der Waals surface area contributed by atoms with Crippen LogP contribution in [0.4, 0.5) is 0 Å². The van der Waals surface area contributed by atoms with Gasteiger partial charge in [-0.05, 0) is 19.1 Å². The van der Waals surface area contributed by atoms with Crippen LogP contribution in [0.15, 0.2) is 29.2 Å². The lowest BCUT2D eigenvalue weighted by Crippen LogP contribution is -2.38. The molecule has 0 aliphatic carbocycles. The molecular formula is C9H15N4O4PS. The van der Waals surface area contributed by atoms with Gasteiger partial charge in [-0.25, -0.2) is 18.2 Å². The van der Waals surface area contributed by atoms with Gasteiger partial charge in [0.1, 0.15) is 0 Å². The molecule has 0 saturated heterocycles. The highest BCUT2D eigenvalue weighted by atomic mass is 32.2. The zero-order valence-corrected chi connectivity index (χ0v) is 11.9. The second kappa shape index (κ2) is 5.81. The molecule has 0 heterocycles. The lowest BCUT2D eigenvalue weighted by molar-refractivity contribution is -0.118. The van der Waals surface area contributed by atoms with Crippen molar-refractivity contribution in [3.63, 3.8) is 0 Å². The zero-order valence-electron chi connectivity index (χ0n) is 10.2. The van der Waals surface area contributed by atoms with Crippen LogP contribution in [0.2, 0.25) is 0 Å². The predicted molar refractivity (Wildman–Crippen MR) is 70.5 cm³/mol. The van der Waals surface area contributed by atoms with Gasteiger partial charge in [0.05, 0.1) is 11.4 Å². The molecule has 0 aliphatic rings. The van der Waals surface area contributed by atoms with E-state index in [0.717, 1.165) is 5.56 Å². The second-order valence-corrected chi connectivity index (χ2v) is 7.30. The Bertz CT molecular complexity index is 608. The van der Waals surface area contributed by atoms with Gasteiger partial charge in [0, 0.05) is 0 Å². The van der Waals surface area contributed by atoms with Crippen molar-refractivity contribution < 1.29 is 17.8 Å². The molecule has 0 bridgehead atoms. The average molecular weight is 306 g/mol. The molecule has 1 rings (SSSR count). The first-order valence-electron chi connectivity index (χ1n) is 5.15. The molecule has 0 unspecified atom stereocenters. The van der Waals surface area contributed by atoms with Gasteiger partial charge in [0.2, 0.25) is 5.91 Å². The van der Waals surface area contributed by atoms with Crippen LogP contribution in [-0.2, 0) is 19.4 Å². The molecule has 0 fully saturated rings. The molecular weight excluding hydrogens is 291 g/mol. The van der Waals surface area contributed by atoms with Crippen molar-refractivity contribution in [1.29, 1.82) is 0 Å². The summed E-state index contributed by atoms with van der Waals surface area (Å²) in [6.45, 7) is 1.24. The summed E-state index contributed by atoms with van der Waals surface area (Å²) >= 11 is 0. The summed E-state index contributed by atoms with van der Waals surface area (Å²) in [4.78, 5) is 11.3. The van der Waals surface area contributed by atoms with Crippen molar-refractivity contribution in [3.05, 3.63) is 29.8 Å². The number of hydrogen-bond acceptors (Lipinski definition) is 4. The molecule has 0 radical (unpaired) electrons. The fourth-order valence-corrected chi connectivity index (χ4v) is 2.53. The number of nitrogens with two attached hydrogens (primary N) is 2. The normalized spacial score (nSPS) is 12.2. The topological polar surface area (TPSA) is 144 Å². The zero-order chi connectivity index (χ0) is 14.7. The van der Waals surface area contributed by atoms with Crippen LogP contribution < -0.4 is 20.8 Å². The van der Waals surface area contributed by atoms with E-state index in [0.29, 0.717) is 0 Å². The summed E-state index contributed by atoms with van der Waals surface area (Å²) in [6, 6.07) is 5.95. The first-order valence-corrected chi connectivity index (χ1v) is 8.48. The Morgan fingerprint density at radius 2 is 1.79 bits per heavy atom. The van der Waals surface area contributed by atoms with Crippen molar-refractivity contribution in [2.24, 2.45) is 11.0 Å². The first-order chi connectivity index (χ1) is 8.60. The average Bonchev–Trinajstić information content (AvgIpc) is 2.25. The van der Waals surface area contributed by atoms with Crippen LogP contribution in [0.3, 0.4) is 0 Å². The maximum Gasteiger partial charge on any atom is 0.274 e. The van der Waals surface area contributed by atoms with Crippen LogP contribution >= 0.6 is 7.59 Å². The van der Waals surface area contributed by atoms with E-state index in [2.05, 4.69) is 0 Å². The summed E-state index contributed by atoms with van der Waals surface area (Å²) in [5.74, 6) is -0.906. The number of sulfonamides is 1. The minimum Gasteiger partial charge on any atom is -0.273 e. The lowest BCUT2D eigenvalue weighted by Gasteiger charge is -2.10. The first kappa shape index (κ1) is 15.8. The van der Waals surface area contributed by atoms with E-state index in [9.17, 15) is 17.8 Å². The van der Waals surface area contributed by atoms with Gasteiger partial charge in [-0.1, -0.05) is 17.7 Å². The molecule has 0 aliphatic heterocycles. The third-order valence-corrected chi connectivity index (χ3v) is 4.11. The van der Waals surface area contributed by atoms with Gasteiger partial charge in [-0.3, -0.25) is 20.4 Å². The molecule has 0 spiro atoms. The fourth-order valence-electron chi connectivity index (χ4n) is 1.16. The summed E-state index contributed by atoms with van der Waals surface area (Å²) in [5, 5.41) is 2.04. The van der Waals surface area contributed by atoms with E-state index in [1.165, 1.54) is 12.1 Å². The van der Waals surface area contributed by atoms with E-state index < -0.39 is 30.1 Å². The van der Waals surface area contributed by atoms with Crippen LogP contribution in [0.25, 0.3) is 0 Å². The van der Waals surface area contributed by atoms with Gasteiger partial charge >= 0.3 is 0 Å². The molecule has 1 aromatic carbocycles. The van der Waals surface area contributed by atoms with Crippen LogP contribution in [-0.4, -0.2) is 20.9 Å². The molecule has 0 atom stereocenters. The van der Waals surface area contributed by atoms with Crippen LogP contribution in [0.5, 0.6) is 0 Å². The Labute approximate surface area is 111 Å². The van der Waals surface area contributed by atoms with E-state index >= 15 is 0 Å². The van der Waals surface area contributed by atoms with Crippen molar-refractivity contribution in [2.45, 2.75) is 11.8 Å². The number of carbonyl (C=O) groups excluding carboxylic acids is 1. The monoisotopic (exact) mass is 306 g/mol. The second-order valence-electron chi connectivity index (χ2n) is 3.89. The summed E-state index contributed by atoms with van der Waals surface area (Å²) in [5.41, 5.74) is 10.8. The maximum absolute atomic E-state index is 11.8. The summed E-state index contributed by atoms with van der Waals surface area (Å²) in [7, 11) is -7.52. The van der Waals surface area contributed by atoms with Crippen LogP contribution in [0, 0.1) is 6.92 Å².